The van der Waals surface area contributed by atoms with E-state index in [-0.39, 0.29) is 18.1 Å². The highest BCUT2D eigenvalue weighted by Gasteiger charge is 2.32. The van der Waals surface area contributed by atoms with Crippen molar-refractivity contribution >= 4 is 46.2 Å². The monoisotopic (exact) mass is 479 g/mol. The summed E-state index contributed by atoms with van der Waals surface area (Å²) < 4.78 is 10.8. The van der Waals surface area contributed by atoms with Crippen molar-refractivity contribution in [3.05, 3.63) is 48.2 Å². The minimum Gasteiger partial charge on any atom is -0.481 e. The lowest BCUT2D eigenvalue weighted by molar-refractivity contribution is -0.113. The fourth-order valence-corrected chi connectivity index (χ4v) is 4.90. The summed E-state index contributed by atoms with van der Waals surface area (Å²) in [4.78, 5) is 35.6. The van der Waals surface area contributed by atoms with Crippen LogP contribution in [0.4, 0.5) is 16.2 Å². The highest BCUT2D eigenvalue weighted by atomic mass is 32.2. The second kappa shape index (κ2) is 9.86. The summed E-state index contributed by atoms with van der Waals surface area (Å²) in [6.45, 7) is 1.98. The van der Waals surface area contributed by atoms with E-state index in [4.69, 9.17) is 9.47 Å². The summed E-state index contributed by atoms with van der Waals surface area (Å²) >= 11 is 1.50. The number of carbonyl (C=O) groups excluding carboxylic acids is 2. The van der Waals surface area contributed by atoms with E-state index in [0.29, 0.717) is 24.6 Å². The molecule has 0 radical (unpaired) electrons. The van der Waals surface area contributed by atoms with Gasteiger partial charge >= 0.3 is 6.09 Å². The van der Waals surface area contributed by atoms with Crippen molar-refractivity contribution in [2.45, 2.75) is 23.8 Å². The minimum atomic E-state index is -0.358. The lowest BCUT2D eigenvalue weighted by Gasteiger charge is -2.20. The molecule has 0 saturated carbocycles. The highest BCUT2D eigenvalue weighted by molar-refractivity contribution is 8.00. The quantitative estimate of drug-likeness (QED) is 0.475. The Balaban J connectivity index is 1.12. The van der Waals surface area contributed by atoms with Crippen molar-refractivity contribution in [1.82, 2.24) is 15.3 Å². The van der Waals surface area contributed by atoms with Gasteiger partial charge in [0.25, 0.3) is 0 Å². The Labute approximate surface area is 201 Å². The van der Waals surface area contributed by atoms with Gasteiger partial charge in [-0.05, 0) is 61.8 Å². The first-order chi connectivity index (χ1) is 16.6. The van der Waals surface area contributed by atoms with Crippen LogP contribution in [0.15, 0.2) is 47.5 Å². The topological polar surface area (TPSA) is 106 Å². The van der Waals surface area contributed by atoms with Crippen LogP contribution in [0.1, 0.15) is 12.0 Å². The molecule has 1 saturated heterocycles. The number of amides is 2. The van der Waals surface area contributed by atoms with Gasteiger partial charge in [-0.3, -0.25) is 14.7 Å². The van der Waals surface area contributed by atoms with Crippen LogP contribution in [0.3, 0.4) is 0 Å². The highest BCUT2D eigenvalue weighted by Crippen LogP contribution is 2.35. The Kier molecular flexibility index (Phi) is 6.50. The summed E-state index contributed by atoms with van der Waals surface area (Å²) in [5, 5.41) is 6.29. The second-order valence-electron chi connectivity index (χ2n) is 8.11. The number of thioether (sulfide) groups is 1. The Morgan fingerprint density at radius 3 is 3.03 bits per heavy atom. The molecule has 176 valence electrons. The second-order valence-corrected chi connectivity index (χ2v) is 9.13. The molecule has 0 aliphatic carbocycles. The zero-order valence-electron chi connectivity index (χ0n) is 18.7. The molecule has 1 unspecified atom stereocenters. The van der Waals surface area contributed by atoms with Gasteiger partial charge in [0.1, 0.15) is 6.10 Å². The van der Waals surface area contributed by atoms with Crippen molar-refractivity contribution < 1.29 is 19.1 Å². The van der Waals surface area contributed by atoms with Crippen LogP contribution in [-0.4, -0.2) is 60.6 Å². The molecule has 5 rings (SSSR count). The summed E-state index contributed by atoms with van der Waals surface area (Å²) in [6, 6.07) is 11.4. The van der Waals surface area contributed by atoms with E-state index in [9.17, 15) is 9.59 Å². The van der Waals surface area contributed by atoms with Crippen molar-refractivity contribution in [3.8, 4) is 5.88 Å². The maximum atomic E-state index is 12.4. The lowest BCUT2D eigenvalue weighted by Crippen LogP contribution is -2.27. The van der Waals surface area contributed by atoms with Crippen molar-refractivity contribution in [3.63, 3.8) is 0 Å². The number of nitrogens with one attached hydrogen (secondary N) is 2. The molecule has 0 spiro atoms. The maximum Gasteiger partial charge on any atom is 0.414 e. The number of fused-ring (bicyclic) bond motifs is 2. The van der Waals surface area contributed by atoms with E-state index in [1.165, 1.54) is 11.8 Å². The summed E-state index contributed by atoms with van der Waals surface area (Å²) in [5.41, 5.74) is 4.27. The average molecular weight is 480 g/mol. The smallest absolute Gasteiger partial charge is 0.414 e. The summed E-state index contributed by atoms with van der Waals surface area (Å²) in [5.74, 6) is 0.953. The van der Waals surface area contributed by atoms with E-state index in [0.717, 1.165) is 52.4 Å². The third kappa shape index (κ3) is 4.78. The van der Waals surface area contributed by atoms with Gasteiger partial charge in [0.05, 0.1) is 36.1 Å². The SMILES string of the molecule is COc1ccc2nccc(CCNCCC3CN(c4ccc5c(c4)NC(=O)CS5)C(=O)O3)c2n1. The number of nitrogens with zero attached hydrogens (tertiary/aromatic N) is 3. The van der Waals surface area contributed by atoms with Crippen LogP contribution < -0.4 is 20.3 Å². The Hall–Kier alpha value is -3.37. The van der Waals surface area contributed by atoms with Crippen molar-refractivity contribution in [2.24, 2.45) is 0 Å². The number of hydrogen-bond donors (Lipinski definition) is 2. The third-order valence-corrected chi connectivity index (χ3v) is 6.92. The molecule has 2 amide bonds. The molecule has 1 aromatic carbocycles. The maximum absolute atomic E-state index is 12.4. The van der Waals surface area contributed by atoms with Gasteiger partial charge in [0.15, 0.2) is 0 Å². The number of aromatic nitrogens is 2. The normalized spacial score (nSPS) is 17.4. The molecule has 10 heteroatoms. The summed E-state index contributed by atoms with van der Waals surface area (Å²) in [7, 11) is 1.60. The molecule has 2 aromatic heterocycles. The number of methoxy groups -OCH3 is 1. The molecule has 2 aliphatic rings. The molecule has 1 atom stereocenters. The molecule has 0 bridgehead atoms. The standard InChI is InChI=1S/C24H25N5O4S/c1-32-22-5-3-18-23(28-22)15(7-11-26-18)6-9-25-10-8-17-13-29(24(31)33-17)16-2-4-20-19(12-16)27-21(30)14-34-20/h2-5,7,11-12,17,25H,6,8-10,13-14H2,1H3,(H,27,30). The molecule has 1 fully saturated rings. The Morgan fingerprint density at radius 2 is 2.15 bits per heavy atom. The van der Waals surface area contributed by atoms with Gasteiger partial charge in [-0.15, -0.1) is 11.8 Å². The van der Waals surface area contributed by atoms with Gasteiger partial charge < -0.3 is 20.1 Å². The van der Waals surface area contributed by atoms with Crippen molar-refractivity contribution in [2.75, 3.05) is 42.7 Å². The number of anilines is 2. The van der Waals surface area contributed by atoms with Gasteiger partial charge in [-0.2, -0.15) is 0 Å². The first-order valence-electron chi connectivity index (χ1n) is 11.1. The third-order valence-electron chi connectivity index (χ3n) is 5.85. The minimum absolute atomic E-state index is 0.0303. The summed E-state index contributed by atoms with van der Waals surface area (Å²) in [6.07, 6.45) is 2.76. The molecular formula is C24H25N5O4S. The van der Waals surface area contributed by atoms with E-state index in [1.807, 2.05) is 36.4 Å². The van der Waals surface area contributed by atoms with E-state index < -0.39 is 0 Å². The number of benzene rings is 1. The van der Waals surface area contributed by atoms with Gasteiger partial charge in [-0.25, -0.2) is 9.78 Å². The number of rotatable bonds is 8. The number of hydrogen-bond acceptors (Lipinski definition) is 8. The Bertz CT molecular complexity index is 1240. The molecule has 34 heavy (non-hydrogen) atoms. The van der Waals surface area contributed by atoms with Crippen LogP contribution in [0.25, 0.3) is 11.0 Å². The lowest BCUT2D eigenvalue weighted by atomic mass is 10.1. The van der Waals surface area contributed by atoms with E-state index in [2.05, 4.69) is 20.6 Å². The number of carbonyl (C=O) groups is 2. The van der Waals surface area contributed by atoms with Crippen LogP contribution in [0.5, 0.6) is 5.88 Å². The molecule has 9 nitrogen and oxygen atoms in total. The largest absolute Gasteiger partial charge is 0.481 e. The number of ether oxygens (including phenoxy) is 2. The van der Waals surface area contributed by atoms with E-state index in [1.54, 1.807) is 18.2 Å². The molecular weight excluding hydrogens is 454 g/mol. The molecule has 3 aromatic rings. The van der Waals surface area contributed by atoms with Crippen LogP contribution in [-0.2, 0) is 16.0 Å². The van der Waals surface area contributed by atoms with Gasteiger partial charge in [0, 0.05) is 22.8 Å². The fraction of sp³-hybridized carbons (Fsp3) is 0.333. The molecule has 2 aliphatic heterocycles. The average Bonchev–Trinajstić information content (AvgIpc) is 3.23. The van der Waals surface area contributed by atoms with Crippen LogP contribution >= 0.6 is 11.8 Å². The van der Waals surface area contributed by atoms with Crippen LogP contribution in [0, 0.1) is 0 Å². The first-order valence-corrected chi connectivity index (χ1v) is 12.1. The predicted molar refractivity (Wildman–Crippen MR) is 131 cm³/mol. The molecule has 2 N–H and O–H groups in total. The predicted octanol–water partition coefficient (Wildman–Crippen LogP) is 3.23. The fourth-order valence-electron chi connectivity index (χ4n) is 4.11. The molecule has 4 heterocycles. The van der Waals surface area contributed by atoms with Crippen LogP contribution in [0.2, 0.25) is 0 Å². The Morgan fingerprint density at radius 1 is 1.24 bits per heavy atom. The number of cyclic esters (lactones) is 1. The van der Waals surface area contributed by atoms with E-state index >= 15 is 0 Å². The first kappa shape index (κ1) is 22.4. The number of pyridine rings is 2. The van der Waals surface area contributed by atoms with Crippen molar-refractivity contribution in [1.29, 1.82) is 0 Å². The zero-order valence-corrected chi connectivity index (χ0v) is 19.6. The van der Waals surface area contributed by atoms with Gasteiger partial charge in [0.2, 0.25) is 11.8 Å². The zero-order chi connectivity index (χ0) is 23.5. The van der Waals surface area contributed by atoms with Gasteiger partial charge in [-0.1, -0.05) is 0 Å².